The highest BCUT2D eigenvalue weighted by Crippen LogP contribution is 2.25. The van der Waals surface area contributed by atoms with E-state index >= 15 is 0 Å². The predicted molar refractivity (Wildman–Crippen MR) is 57.3 cm³/mol. The van der Waals surface area contributed by atoms with Gasteiger partial charge in [0.2, 0.25) is 0 Å². The van der Waals surface area contributed by atoms with Crippen molar-refractivity contribution in [1.29, 1.82) is 0 Å². The average Bonchev–Trinajstić information content (AvgIpc) is 2.00. The Kier molecular flexibility index (Phi) is 5.44. The van der Waals surface area contributed by atoms with Crippen molar-refractivity contribution in [2.45, 2.75) is 47.0 Å². The van der Waals surface area contributed by atoms with E-state index in [1.54, 1.807) is 6.21 Å². The van der Waals surface area contributed by atoms with Gasteiger partial charge in [0.05, 0.1) is 0 Å². The summed E-state index contributed by atoms with van der Waals surface area (Å²) >= 11 is 0. The van der Waals surface area contributed by atoms with Gasteiger partial charge in [-0.3, -0.25) is 0 Å². The molecule has 76 valence electrons. The molecule has 0 spiro atoms. The van der Waals surface area contributed by atoms with E-state index in [1.165, 1.54) is 5.57 Å². The molecule has 0 amide bonds. The molecule has 0 aliphatic heterocycles. The first-order valence-corrected chi connectivity index (χ1v) is 4.77. The molecule has 0 radical (unpaired) electrons. The van der Waals surface area contributed by atoms with Crippen molar-refractivity contribution >= 4 is 6.21 Å². The van der Waals surface area contributed by atoms with Crippen LogP contribution in [0.15, 0.2) is 16.8 Å². The fraction of sp³-hybridized carbons (Fsp3) is 0.727. The van der Waals surface area contributed by atoms with Gasteiger partial charge in [0.1, 0.15) is 0 Å². The Morgan fingerprint density at radius 3 is 2.46 bits per heavy atom. The minimum atomic E-state index is 0.234. The minimum absolute atomic E-state index is 0.234. The third-order valence-electron chi connectivity index (χ3n) is 2.10. The molecule has 0 unspecified atom stereocenters. The van der Waals surface area contributed by atoms with Crippen LogP contribution in [0.4, 0.5) is 0 Å². The maximum absolute atomic E-state index is 8.30. The Labute approximate surface area is 81.3 Å². The zero-order valence-corrected chi connectivity index (χ0v) is 9.17. The molecule has 0 fully saturated rings. The zero-order valence-electron chi connectivity index (χ0n) is 9.17. The van der Waals surface area contributed by atoms with Crippen LogP contribution in [0.25, 0.3) is 0 Å². The molecule has 2 heteroatoms. The van der Waals surface area contributed by atoms with E-state index in [4.69, 9.17) is 5.21 Å². The summed E-state index contributed by atoms with van der Waals surface area (Å²) in [6, 6.07) is 0. The highest BCUT2D eigenvalue weighted by Gasteiger charge is 2.14. The van der Waals surface area contributed by atoms with E-state index in [2.05, 4.69) is 38.9 Å². The maximum Gasteiger partial charge on any atom is 0.0441 e. The van der Waals surface area contributed by atoms with Gasteiger partial charge in [-0.2, -0.15) is 0 Å². The number of nitrogens with zero attached hydrogens (tertiary/aromatic N) is 1. The Morgan fingerprint density at radius 2 is 2.00 bits per heavy atom. The van der Waals surface area contributed by atoms with Gasteiger partial charge in [-0.1, -0.05) is 25.5 Å². The van der Waals surface area contributed by atoms with Crippen LogP contribution in [0, 0.1) is 5.41 Å². The van der Waals surface area contributed by atoms with Gasteiger partial charge in [0, 0.05) is 6.21 Å². The monoisotopic (exact) mass is 183 g/mol. The lowest BCUT2D eigenvalue weighted by Crippen LogP contribution is -2.11. The molecule has 0 aliphatic rings. The Bertz CT molecular complexity index is 188. The summed E-state index contributed by atoms with van der Waals surface area (Å²) < 4.78 is 0. The molecule has 0 aliphatic carbocycles. The molecule has 0 bridgehead atoms. The smallest absolute Gasteiger partial charge is 0.0441 e. The standard InChI is InChI=1S/C11H21NO/c1-10(2)6-5-7-11(3,4)8-9-12-13/h6,9,13H,5,7-8H2,1-4H3/b12-9+. The Balaban J connectivity index is 3.81. The Hall–Kier alpha value is -0.790. The van der Waals surface area contributed by atoms with Crippen LogP contribution in [0.5, 0.6) is 0 Å². The van der Waals surface area contributed by atoms with Gasteiger partial charge in [0.25, 0.3) is 0 Å². The largest absolute Gasteiger partial charge is 0.411 e. The zero-order chi connectivity index (χ0) is 10.3. The van der Waals surface area contributed by atoms with Gasteiger partial charge < -0.3 is 5.21 Å². The van der Waals surface area contributed by atoms with Crippen LogP contribution in [-0.2, 0) is 0 Å². The second kappa shape index (κ2) is 5.79. The van der Waals surface area contributed by atoms with Crippen LogP contribution >= 0.6 is 0 Å². The topological polar surface area (TPSA) is 32.6 Å². The number of hydrogen-bond acceptors (Lipinski definition) is 2. The number of oxime groups is 1. The molecule has 2 nitrogen and oxygen atoms in total. The highest BCUT2D eigenvalue weighted by molar-refractivity contribution is 5.57. The van der Waals surface area contributed by atoms with Crippen molar-refractivity contribution in [1.82, 2.24) is 0 Å². The van der Waals surface area contributed by atoms with Gasteiger partial charge in [-0.05, 0) is 38.5 Å². The van der Waals surface area contributed by atoms with E-state index in [0.29, 0.717) is 0 Å². The Morgan fingerprint density at radius 1 is 1.38 bits per heavy atom. The van der Waals surface area contributed by atoms with Crippen molar-refractivity contribution in [3.63, 3.8) is 0 Å². The normalized spacial score (nSPS) is 12.0. The molecule has 0 heterocycles. The fourth-order valence-corrected chi connectivity index (χ4v) is 1.14. The summed E-state index contributed by atoms with van der Waals surface area (Å²) in [5.74, 6) is 0. The van der Waals surface area contributed by atoms with Crippen LogP contribution in [0.1, 0.15) is 47.0 Å². The van der Waals surface area contributed by atoms with Gasteiger partial charge in [0.15, 0.2) is 0 Å². The molecule has 0 atom stereocenters. The number of rotatable bonds is 5. The number of hydrogen-bond donors (Lipinski definition) is 1. The average molecular weight is 183 g/mol. The third-order valence-corrected chi connectivity index (χ3v) is 2.10. The third kappa shape index (κ3) is 7.57. The van der Waals surface area contributed by atoms with Crippen molar-refractivity contribution in [2.75, 3.05) is 0 Å². The van der Waals surface area contributed by atoms with Crippen molar-refractivity contribution < 1.29 is 5.21 Å². The van der Waals surface area contributed by atoms with Gasteiger partial charge in [-0.15, -0.1) is 5.16 Å². The molecular formula is C11H21NO. The minimum Gasteiger partial charge on any atom is -0.411 e. The molecule has 1 N–H and O–H groups in total. The summed E-state index contributed by atoms with van der Waals surface area (Å²) in [7, 11) is 0. The van der Waals surface area contributed by atoms with Crippen LogP contribution in [0.3, 0.4) is 0 Å². The van der Waals surface area contributed by atoms with Crippen LogP contribution < -0.4 is 0 Å². The lowest BCUT2D eigenvalue weighted by molar-refractivity contribution is 0.310. The van der Waals surface area contributed by atoms with Crippen molar-refractivity contribution in [2.24, 2.45) is 10.6 Å². The van der Waals surface area contributed by atoms with E-state index in [9.17, 15) is 0 Å². The molecular weight excluding hydrogens is 162 g/mol. The van der Waals surface area contributed by atoms with Crippen LogP contribution in [-0.4, -0.2) is 11.4 Å². The lowest BCUT2D eigenvalue weighted by Gasteiger charge is -2.21. The molecule has 0 saturated carbocycles. The molecule has 0 saturated heterocycles. The molecule has 0 rings (SSSR count). The predicted octanol–water partition coefficient (Wildman–Crippen LogP) is 3.61. The van der Waals surface area contributed by atoms with E-state index < -0.39 is 0 Å². The first-order chi connectivity index (χ1) is 5.98. The summed E-state index contributed by atoms with van der Waals surface area (Å²) in [4.78, 5) is 0. The molecule has 13 heavy (non-hydrogen) atoms. The van der Waals surface area contributed by atoms with Gasteiger partial charge in [-0.25, -0.2) is 0 Å². The molecule has 0 aromatic carbocycles. The number of allylic oxidation sites excluding steroid dienone is 2. The van der Waals surface area contributed by atoms with E-state index in [0.717, 1.165) is 19.3 Å². The fourth-order valence-electron chi connectivity index (χ4n) is 1.14. The van der Waals surface area contributed by atoms with Crippen LogP contribution in [0.2, 0.25) is 0 Å². The maximum atomic E-state index is 8.30. The molecule has 0 aromatic rings. The van der Waals surface area contributed by atoms with Gasteiger partial charge >= 0.3 is 0 Å². The SMILES string of the molecule is CC(C)=CCCC(C)(C)C/C=N/O. The first-order valence-electron chi connectivity index (χ1n) is 4.77. The van der Waals surface area contributed by atoms with Crippen molar-refractivity contribution in [3.05, 3.63) is 11.6 Å². The second-order valence-corrected chi connectivity index (χ2v) is 4.49. The summed E-state index contributed by atoms with van der Waals surface area (Å²) in [5.41, 5.74) is 1.60. The lowest BCUT2D eigenvalue weighted by atomic mass is 9.85. The summed E-state index contributed by atoms with van der Waals surface area (Å²) in [5, 5.41) is 11.3. The molecule has 0 aromatic heterocycles. The quantitative estimate of drug-likeness (QED) is 0.300. The van der Waals surface area contributed by atoms with E-state index in [-0.39, 0.29) is 5.41 Å². The van der Waals surface area contributed by atoms with E-state index in [1.807, 2.05) is 0 Å². The summed E-state index contributed by atoms with van der Waals surface area (Å²) in [6.45, 7) is 8.60. The summed E-state index contributed by atoms with van der Waals surface area (Å²) in [6.07, 6.45) is 6.89. The first kappa shape index (κ1) is 12.2. The highest BCUT2D eigenvalue weighted by atomic mass is 16.4. The second-order valence-electron chi connectivity index (χ2n) is 4.49. The van der Waals surface area contributed by atoms with Crippen molar-refractivity contribution in [3.8, 4) is 0 Å².